The van der Waals surface area contributed by atoms with Gasteiger partial charge in [0.15, 0.2) is 0 Å². The van der Waals surface area contributed by atoms with E-state index in [-0.39, 0.29) is 5.71 Å². The summed E-state index contributed by atoms with van der Waals surface area (Å²) in [4.78, 5) is 6.91. The van der Waals surface area contributed by atoms with Crippen LogP contribution in [0.3, 0.4) is 0 Å². The fourth-order valence-corrected chi connectivity index (χ4v) is 2.66. The van der Waals surface area contributed by atoms with Crippen LogP contribution in [0.5, 0.6) is 0 Å². The molecule has 0 amide bonds. The topological polar surface area (TPSA) is 74.7 Å². The first-order valence-corrected chi connectivity index (χ1v) is 8.32. The third-order valence-corrected chi connectivity index (χ3v) is 3.82. The van der Waals surface area contributed by atoms with Crippen LogP contribution >= 0.6 is 0 Å². The summed E-state index contributed by atoms with van der Waals surface area (Å²) in [5.41, 5.74) is 9.37. The van der Waals surface area contributed by atoms with Crippen molar-refractivity contribution in [3.63, 3.8) is 0 Å². The van der Waals surface area contributed by atoms with Crippen LogP contribution in [0.25, 0.3) is 0 Å². The lowest BCUT2D eigenvalue weighted by Crippen LogP contribution is -2.30. The van der Waals surface area contributed by atoms with Crippen molar-refractivity contribution in [1.82, 2.24) is 0 Å². The molecule has 0 saturated heterocycles. The van der Waals surface area contributed by atoms with Crippen LogP contribution in [0.15, 0.2) is 52.9 Å². The van der Waals surface area contributed by atoms with Gasteiger partial charge in [-0.25, -0.2) is 4.99 Å². The van der Waals surface area contributed by atoms with Gasteiger partial charge in [-0.1, -0.05) is 0 Å². The summed E-state index contributed by atoms with van der Waals surface area (Å²) in [6.07, 6.45) is 3.30. The van der Waals surface area contributed by atoms with Gasteiger partial charge in [0.25, 0.3) is 0 Å². The predicted molar refractivity (Wildman–Crippen MR) is 101 cm³/mol. The smallest absolute Gasteiger partial charge is 0.146 e. The Morgan fingerprint density at radius 3 is 2.38 bits per heavy atom. The molecule has 0 fully saturated rings. The van der Waals surface area contributed by atoms with E-state index < -0.39 is 0 Å². The molecule has 1 aromatic rings. The second kappa shape index (κ2) is 7.81. The van der Waals surface area contributed by atoms with Crippen molar-refractivity contribution < 1.29 is 4.74 Å². The Balaban J connectivity index is 2.27. The van der Waals surface area contributed by atoms with E-state index in [1.54, 1.807) is 12.2 Å². The van der Waals surface area contributed by atoms with Crippen molar-refractivity contribution in [2.75, 3.05) is 18.1 Å². The summed E-state index contributed by atoms with van der Waals surface area (Å²) in [6.45, 7) is 9.87. The molecular weight excluding hydrogens is 300 g/mol. The molecule has 0 unspecified atom stereocenters. The quantitative estimate of drug-likeness (QED) is 0.781. The van der Waals surface area contributed by atoms with Gasteiger partial charge in [-0.15, -0.1) is 0 Å². The zero-order chi connectivity index (χ0) is 17.7. The molecule has 0 radical (unpaired) electrons. The molecule has 1 aromatic carbocycles. The average molecular weight is 326 g/mol. The summed E-state index contributed by atoms with van der Waals surface area (Å²) in [7, 11) is 0. The second-order valence-electron chi connectivity index (χ2n) is 5.85. The van der Waals surface area contributed by atoms with E-state index in [0.717, 1.165) is 12.2 Å². The number of ether oxygens (including phenoxy) is 1. The van der Waals surface area contributed by atoms with Crippen molar-refractivity contribution in [1.29, 1.82) is 5.41 Å². The second-order valence-corrected chi connectivity index (χ2v) is 5.85. The average Bonchev–Trinajstić information content (AvgIpc) is 2.54. The fraction of sp³-hybridized carbons (Fsp3) is 0.368. The Kier molecular flexibility index (Phi) is 5.79. The maximum Gasteiger partial charge on any atom is 0.146 e. The zero-order valence-electron chi connectivity index (χ0n) is 14.8. The zero-order valence-corrected chi connectivity index (χ0v) is 14.8. The molecule has 1 aliphatic rings. The van der Waals surface area contributed by atoms with E-state index in [9.17, 15) is 0 Å². The van der Waals surface area contributed by atoms with Gasteiger partial charge in [0.05, 0.1) is 29.4 Å². The molecule has 0 aromatic heterocycles. The van der Waals surface area contributed by atoms with E-state index in [0.29, 0.717) is 29.8 Å². The monoisotopic (exact) mass is 326 g/mol. The summed E-state index contributed by atoms with van der Waals surface area (Å²) in [5.74, 6) is 0.499. The van der Waals surface area contributed by atoms with Crippen LogP contribution in [0, 0.1) is 5.41 Å². The first kappa shape index (κ1) is 17.8. The molecule has 2 rings (SSSR count). The van der Waals surface area contributed by atoms with Crippen LogP contribution in [0.4, 0.5) is 11.4 Å². The number of allylic oxidation sites excluding steroid dienone is 2. The lowest BCUT2D eigenvalue weighted by atomic mass is 10.1. The van der Waals surface area contributed by atoms with E-state index in [1.807, 2.05) is 19.1 Å². The highest BCUT2D eigenvalue weighted by atomic mass is 16.5. The van der Waals surface area contributed by atoms with Gasteiger partial charge in [-0.2, -0.15) is 0 Å². The van der Waals surface area contributed by atoms with Crippen molar-refractivity contribution in [2.24, 2.45) is 10.7 Å². The Hall–Kier alpha value is -2.56. The molecule has 0 aliphatic heterocycles. The van der Waals surface area contributed by atoms with Crippen LogP contribution < -0.4 is 10.6 Å². The lowest BCUT2D eigenvalue weighted by molar-refractivity contribution is 0.250. The van der Waals surface area contributed by atoms with Gasteiger partial charge in [0, 0.05) is 24.4 Å². The molecule has 5 heteroatoms. The van der Waals surface area contributed by atoms with E-state index >= 15 is 0 Å². The first-order valence-electron chi connectivity index (χ1n) is 8.32. The third-order valence-electron chi connectivity index (χ3n) is 3.82. The number of nitrogens with zero attached hydrogens (tertiary/aromatic N) is 2. The SMILES string of the molecule is CCOC1=CC(=Nc2ccc(N(CC)C(C)C)cc2)C(N)=CC1=N. The largest absolute Gasteiger partial charge is 0.492 e. The highest BCUT2D eigenvalue weighted by Gasteiger charge is 2.15. The van der Waals surface area contributed by atoms with Crippen LogP contribution in [0.1, 0.15) is 27.7 Å². The fourth-order valence-electron chi connectivity index (χ4n) is 2.66. The van der Waals surface area contributed by atoms with E-state index in [1.165, 1.54) is 5.69 Å². The Morgan fingerprint density at radius 1 is 1.17 bits per heavy atom. The molecule has 0 atom stereocenters. The van der Waals surface area contributed by atoms with E-state index in [2.05, 4.69) is 42.8 Å². The number of rotatable bonds is 6. The molecule has 128 valence electrons. The Labute approximate surface area is 144 Å². The lowest BCUT2D eigenvalue weighted by Gasteiger charge is -2.27. The van der Waals surface area contributed by atoms with Crippen LogP contribution in [0.2, 0.25) is 0 Å². The van der Waals surface area contributed by atoms with Crippen molar-refractivity contribution in [3.8, 4) is 0 Å². The molecular formula is C19H26N4O. The summed E-state index contributed by atoms with van der Waals surface area (Å²) in [5, 5.41) is 7.88. The highest BCUT2D eigenvalue weighted by Crippen LogP contribution is 2.23. The molecule has 0 bridgehead atoms. The number of aliphatic imine (C=N–C) groups is 1. The van der Waals surface area contributed by atoms with Crippen molar-refractivity contribution >= 4 is 22.8 Å². The molecule has 5 nitrogen and oxygen atoms in total. The minimum atomic E-state index is 0.277. The standard InChI is InChI=1S/C19H26N4O/c1-5-23(13(3)4)15-9-7-14(8-10-15)22-18-12-19(24-6-2)17(21)11-16(18)20/h7-13,21H,5-6,20H2,1-4H3. The summed E-state index contributed by atoms with van der Waals surface area (Å²) < 4.78 is 5.45. The molecule has 0 saturated carbocycles. The van der Waals surface area contributed by atoms with Gasteiger partial charge in [0.1, 0.15) is 5.76 Å². The van der Waals surface area contributed by atoms with Gasteiger partial charge < -0.3 is 15.4 Å². The van der Waals surface area contributed by atoms with Crippen molar-refractivity contribution in [3.05, 3.63) is 47.9 Å². The molecule has 1 aliphatic carbocycles. The van der Waals surface area contributed by atoms with Crippen LogP contribution in [-0.2, 0) is 4.74 Å². The summed E-state index contributed by atoms with van der Waals surface area (Å²) >= 11 is 0. The summed E-state index contributed by atoms with van der Waals surface area (Å²) in [6, 6.07) is 8.55. The number of anilines is 1. The van der Waals surface area contributed by atoms with Crippen molar-refractivity contribution in [2.45, 2.75) is 33.7 Å². The number of hydrogen-bond acceptors (Lipinski definition) is 5. The maximum atomic E-state index is 7.88. The molecule has 0 heterocycles. The molecule has 24 heavy (non-hydrogen) atoms. The van der Waals surface area contributed by atoms with Crippen LogP contribution in [-0.4, -0.2) is 30.6 Å². The molecule has 0 spiro atoms. The normalized spacial score (nSPS) is 16.2. The Bertz CT molecular complexity index is 684. The predicted octanol–water partition coefficient (Wildman–Crippen LogP) is 3.79. The first-order chi connectivity index (χ1) is 11.5. The number of benzene rings is 1. The van der Waals surface area contributed by atoms with Gasteiger partial charge in [-0.05, 0) is 58.0 Å². The number of nitrogens with two attached hydrogens (primary N) is 1. The van der Waals surface area contributed by atoms with Gasteiger partial charge >= 0.3 is 0 Å². The highest BCUT2D eigenvalue weighted by molar-refractivity contribution is 6.22. The minimum Gasteiger partial charge on any atom is -0.492 e. The Morgan fingerprint density at radius 2 is 1.83 bits per heavy atom. The van der Waals surface area contributed by atoms with Gasteiger partial charge in [0.2, 0.25) is 0 Å². The van der Waals surface area contributed by atoms with Gasteiger partial charge in [-0.3, -0.25) is 5.41 Å². The molecule has 3 N–H and O–H groups in total. The number of nitrogens with one attached hydrogen (secondary N) is 1. The maximum absolute atomic E-state index is 7.88. The third kappa shape index (κ3) is 4.04. The van der Waals surface area contributed by atoms with E-state index in [4.69, 9.17) is 15.9 Å². The minimum absolute atomic E-state index is 0.277. The number of hydrogen-bond donors (Lipinski definition) is 2.